The highest BCUT2D eigenvalue weighted by Crippen LogP contribution is 2.43. The predicted molar refractivity (Wildman–Crippen MR) is 78.3 cm³/mol. The molecule has 0 fully saturated rings. The fourth-order valence-electron chi connectivity index (χ4n) is 3.15. The van der Waals surface area contributed by atoms with Gasteiger partial charge in [0.1, 0.15) is 11.5 Å². The zero-order valence-corrected chi connectivity index (χ0v) is 11.7. The Balaban J connectivity index is 2.37. The van der Waals surface area contributed by atoms with Crippen molar-refractivity contribution in [3.63, 3.8) is 0 Å². The average Bonchev–Trinajstić information content (AvgIpc) is 2.47. The van der Waals surface area contributed by atoms with E-state index in [9.17, 15) is 0 Å². The highest BCUT2D eigenvalue weighted by atomic mass is 16.5. The second-order valence-electron chi connectivity index (χ2n) is 5.01. The summed E-state index contributed by atoms with van der Waals surface area (Å²) in [5.41, 5.74) is 2.72. The second kappa shape index (κ2) is 5.12. The maximum absolute atomic E-state index is 5.96. The number of methoxy groups -OCH3 is 1. The molecule has 0 unspecified atom stereocenters. The SMILES string of the molecule is CCOc1c2c(c(OC)c3ccccc13)CCCC2. The molecule has 2 aromatic rings. The molecule has 3 rings (SSSR count). The second-order valence-corrected chi connectivity index (χ2v) is 5.01. The third kappa shape index (κ3) is 1.95. The molecule has 0 saturated carbocycles. The number of rotatable bonds is 3. The number of fused-ring (bicyclic) bond motifs is 2. The van der Waals surface area contributed by atoms with Gasteiger partial charge in [-0.15, -0.1) is 0 Å². The Bertz CT molecular complexity index is 602. The Morgan fingerprint density at radius 2 is 1.53 bits per heavy atom. The minimum Gasteiger partial charge on any atom is -0.496 e. The Kier molecular flexibility index (Phi) is 3.33. The van der Waals surface area contributed by atoms with Crippen molar-refractivity contribution < 1.29 is 9.47 Å². The van der Waals surface area contributed by atoms with E-state index in [0.29, 0.717) is 6.61 Å². The van der Waals surface area contributed by atoms with E-state index in [0.717, 1.165) is 24.3 Å². The average molecular weight is 256 g/mol. The molecule has 0 N–H and O–H groups in total. The van der Waals surface area contributed by atoms with Crippen LogP contribution in [0.25, 0.3) is 10.8 Å². The fourth-order valence-corrected chi connectivity index (χ4v) is 3.15. The molecule has 1 aliphatic carbocycles. The van der Waals surface area contributed by atoms with Crippen molar-refractivity contribution in [2.75, 3.05) is 13.7 Å². The lowest BCUT2D eigenvalue weighted by molar-refractivity contribution is 0.337. The molecule has 19 heavy (non-hydrogen) atoms. The van der Waals surface area contributed by atoms with Gasteiger partial charge in [0.2, 0.25) is 0 Å². The maximum atomic E-state index is 5.96. The van der Waals surface area contributed by atoms with Crippen LogP contribution in [-0.2, 0) is 12.8 Å². The highest BCUT2D eigenvalue weighted by molar-refractivity contribution is 5.96. The third-order valence-electron chi connectivity index (χ3n) is 3.93. The summed E-state index contributed by atoms with van der Waals surface area (Å²) in [6, 6.07) is 8.40. The number of ether oxygens (including phenoxy) is 2. The number of benzene rings is 2. The number of hydrogen-bond donors (Lipinski definition) is 0. The van der Waals surface area contributed by atoms with Gasteiger partial charge in [0.15, 0.2) is 0 Å². The molecule has 2 aromatic carbocycles. The molecule has 0 aliphatic heterocycles. The van der Waals surface area contributed by atoms with Gasteiger partial charge in [-0.2, -0.15) is 0 Å². The van der Waals surface area contributed by atoms with Crippen molar-refractivity contribution >= 4 is 10.8 Å². The largest absolute Gasteiger partial charge is 0.496 e. The van der Waals surface area contributed by atoms with Gasteiger partial charge < -0.3 is 9.47 Å². The first-order chi connectivity index (χ1) is 9.36. The van der Waals surface area contributed by atoms with Gasteiger partial charge in [0, 0.05) is 21.9 Å². The molecular formula is C17H20O2. The van der Waals surface area contributed by atoms with Gasteiger partial charge in [-0.25, -0.2) is 0 Å². The summed E-state index contributed by atoms with van der Waals surface area (Å²) < 4.78 is 11.7. The Morgan fingerprint density at radius 3 is 2.11 bits per heavy atom. The summed E-state index contributed by atoms with van der Waals surface area (Å²) in [6.45, 7) is 2.76. The molecule has 100 valence electrons. The molecule has 0 spiro atoms. The normalized spacial score (nSPS) is 14.2. The summed E-state index contributed by atoms with van der Waals surface area (Å²) >= 11 is 0. The van der Waals surface area contributed by atoms with Crippen molar-refractivity contribution in [1.29, 1.82) is 0 Å². The van der Waals surface area contributed by atoms with Gasteiger partial charge >= 0.3 is 0 Å². The summed E-state index contributed by atoms with van der Waals surface area (Å²) in [5, 5.41) is 2.36. The van der Waals surface area contributed by atoms with Gasteiger partial charge in [-0.1, -0.05) is 24.3 Å². The van der Waals surface area contributed by atoms with Crippen molar-refractivity contribution in [3.8, 4) is 11.5 Å². The Labute approximate surface area is 114 Å². The van der Waals surface area contributed by atoms with Crippen LogP contribution in [0.3, 0.4) is 0 Å². The monoisotopic (exact) mass is 256 g/mol. The lowest BCUT2D eigenvalue weighted by Gasteiger charge is -2.24. The molecule has 0 aromatic heterocycles. The van der Waals surface area contributed by atoms with Crippen molar-refractivity contribution in [1.82, 2.24) is 0 Å². The summed E-state index contributed by atoms with van der Waals surface area (Å²) in [5.74, 6) is 2.13. The zero-order valence-electron chi connectivity index (χ0n) is 11.7. The van der Waals surface area contributed by atoms with Crippen LogP contribution in [-0.4, -0.2) is 13.7 Å². The molecule has 0 bridgehead atoms. The minimum absolute atomic E-state index is 0.711. The van der Waals surface area contributed by atoms with E-state index in [2.05, 4.69) is 24.3 Å². The predicted octanol–water partition coefficient (Wildman–Crippen LogP) is 4.13. The Hall–Kier alpha value is -1.70. The first-order valence-electron chi connectivity index (χ1n) is 7.10. The van der Waals surface area contributed by atoms with Crippen LogP contribution in [0.1, 0.15) is 30.9 Å². The molecule has 0 saturated heterocycles. The van der Waals surface area contributed by atoms with E-state index >= 15 is 0 Å². The van der Waals surface area contributed by atoms with Crippen molar-refractivity contribution in [2.24, 2.45) is 0 Å². The standard InChI is InChI=1S/C17H20O2/c1-3-19-17-14-10-6-4-8-12(14)16(18-2)13-9-5-7-11-15(13)17/h4,6,8,10H,3,5,7,9,11H2,1-2H3. The van der Waals surface area contributed by atoms with Gasteiger partial charge in [0.05, 0.1) is 13.7 Å². The smallest absolute Gasteiger partial charge is 0.130 e. The number of hydrogen-bond acceptors (Lipinski definition) is 2. The van der Waals surface area contributed by atoms with Gasteiger partial charge in [-0.3, -0.25) is 0 Å². The van der Waals surface area contributed by atoms with Crippen LogP contribution >= 0.6 is 0 Å². The summed E-state index contributed by atoms with van der Waals surface area (Å²) in [7, 11) is 1.77. The van der Waals surface area contributed by atoms with Crippen LogP contribution in [0.2, 0.25) is 0 Å². The van der Waals surface area contributed by atoms with Gasteiger partial charge in [0.25, 0.3) is 0 Å². The first-order valence-corrected chi connectivity index (χ1v) is 7.10. The molecule has 0 amide bonds. The zero-order chi connectivity index (χ0) is 13.2. The van der Waals surface area contributed by atoms with Crippen LogP contribution in [0.15, 0.2) is 24.3 Å². The Morgan fingerprint density at radius 1 is 0.947 bits per heavy atom. The molecule has 2 nitrogen and oxygen atoms in total. The molecule has 0 heterocycles. The third-order valence-corrected chi connectivity index (χ3v) is 3.93. The maximum Gasteiger partial charge on any atom is 0.130 e. The molecule has 0 atom stereocenters. The van der Waals surface area contributed by atoms with Crippen LogP contribution in [0.5, 0.6) is 11.5 Å². The van der Waals surface area contributed by atoms with E-state index < -0.39 is 0 Å². The molecule has 2 heteroatoms. The van der Waals surface area contributed by atoms with Crippen molar-refractivity contribution in [3.05, 3.63) is 35.4 Å². The van der Waals surface area contributed by atoms with Gasteiger partial charge in [-0.05, 0) is 32.6 Å². The quantitative estimate of drug-likeness (QED) is 0.822. The summed E-state index contributed by atoms with van der Waals surface area (Å²) in [6.07, 6.45) is 4.69. The first kappa shape index (κ1) is 12.3. The topological polar surface area (TPSA) is 18.5 Å². The molecule has 0 radical (unpaired) electrons. The fraction of sp³-hybridized carbons (Fsp3) is 0.412. The molecule has 1 aliphatic rings. The van der Waals surface area contributed by atoms with E-state index in [1.54, 1.807) is 7.11 Å². The van der Waals surface area contributed by atoms with E-state index in [4.69, 9.17) is 9.47 Å². The minimum atomic E-state index is 0.711. The lowest BCUT2D eigenvalue weighted by atomic mass is 9.87. The highest BCUT2D eigenvalue weighted by Gasteiger charge is 2.22. The van der Waals surface area contributed by atoms with Crippen LogP contribution in [0.4, 0.5) is 0 Å². The van der Waals surface area contributed by atoms with Crippen LogP contribution in [0, 0.1) is 0 Å². The van der Waals surface area contributed by atoms with Crippen molar-refractivity contribution in [2.45, 2.75) is 32.6 Å². The van der Waals surface area contributed by atoms with Crippen LogP contribution < -0.4 is 9.47 Å². The van der Waals surface area contributed by atoms with E-state index in [1.165, 1.54) is 34.7 Å². The van der Waals surface area contributed by atoms with E-state index in [1.807, 2.05) is 6.92 Å². The molecular weight excluding hydrogens is 236 g/mol. The summed E-state index contributed by atoms with van der Waals surface area (Å²) in [4.78, 5) is 0. The lowest BCUT2D eigenvalue weighted by Crippen LogP contribution is -2.09. The van der Waals surface area contributed by atoms with E-state index in [-0.39, 0.29) is 0 Å².